The normalized spacial score (nSPS) is 13.8. The summed E-state index contributed by atoms with van der Waals surface area (Å²) in [6, 6.07) is 7.57. The second-order valence-corrected chi connectivity index (χ2v) is 5.99. The molecule has 20 heavy (non-hydrogen) atoms. The number of aromatic nitrogens is 1. The van der Waals surface area contributed by atoms with E-state index in [0.29, 0.717) is 17.4 Å². The molecule has 1 aromatic carbocycles. The van der Waals surface area contributed by atoms with E-state index in [9.17, 15) is 0 Å². The minimum absolute atomic E-state index is 0.589. The molecule has 0 saturated carbocycles. The van der Waals surface area contributed by atoms with Crippen LogP contribution < -0.4 is 10.5 Å². The molecular weight excluding hydrogens is 340 g/mol. The van der Waals surface area contributed by atoms with Gasteiger partial charge in [-0.25, -0.2) is 0 Å². The van der Waals surface area contributed by atoms with Crippen LogP contribution in [0.2, 0.25) is 5.02 Å². The standard InChI is InChI=1S/C15H16BrClN2O/c1-3-20-12-6-10(8-19-9-12)15(2,18)13-5-4-11(16)7-14(13)17/h4-9H,3,18H2,1-2H3. The smallest absolute Gasteiger partial charge is 0.137 e. The number of halogens is 2. The van der Waals surface area contributed by atoms with Crippen LogP contribution in [-0.4, -0.2) is 11.6 Å². The molecule has 0 amide bonds. The van der Waals surface area contributed by atoms with E-state index < -0.39 is 5.54 Å². The molecule has 0 radical (unpaired) electrons. The Balaban J connectivity index is 2.45. The van der Waals surface area contributed by atoms with Crippen molar-refractivity contribution < 1.29 is 4.74 Å². The van der Waals surface area contributed by atoms with Gasteiger partial charge in [-0.15, -0.1) is 0 Å². The third kappa shape index (κ3) is 3.14. The van der Waals surface area contributed by atoms with E-state index >= 15 is 0 Å². The zero-order chi connectivity index (χ0) is 14.8. The van der Waals surface area contributed by atoms with Gasteiger partial charge in [0, 0.05) is 15.7 Å². The summed E-state index contributed by atoms with van der Waals surface area (Å²) in [5.74, 6) is 0.704. The molecule has 1 atom stereocenters. The largest absolute Gasteiger partial charge is 0.492 e. The Hall–Kier alpha value is -1.10. The Labute approximate surface area is 132 Å². The van der Waals surface area contributed by atoms with E-state index in [1.165, 1.54) is 0 Å². The molecule has 3 nitrogen and oxygen atoms in total. The van der Waals surface area contributed by atoms with Crippen molar-refractivity contribution in [2.45, 2.75) is 19.4 Å². The number of benzene rings is 1. The number of hydrogen-bond donors (Lipinski definition) is 1. The maximum Gasteiger partial charge on any atom is 0.137 e. The maximum atomic E-state index is 6.48. The molecule has 2 aromatic rings. The van der Waals surface area contributed by atoms with Crippen molar-refractivity contribution in [3.05, 3.63) is 57.3 Å². The van der Waals surface area contributed by atoms with Crippen LogP contribution in [0.25, 0.3) is 0 Å². The molecule has 1 unspecified atom stereocenters. The van der Waals surface area contributed by atoms with Gasteiger partial charge in [0.2, 0.25) is 0 Å². The van der Waals surface area contributed by atoms with E-state index in [1.807, 2.05) is 38.1 Å². The lowest BCUT2D eigenvalue weighted by molar-refractivity contribution is 0.337. The Morgan fingerprint density at radius 2 is 2.10 bits per heavy atom. The summed E-state index contributed by atoms with van der Waals surface area (Å²) in [5.41, 5.74) is 7.44. The molecule has 1 heterocycles. The first-order valence-electron chi connectivity index (χ1n) is 6.28. The van der Waals surface area contributed by atoms with Gasteiger partial charge in [0.15, 0.2) is 0 Å². The maximum absolute atomic E-state index is 6.48. The number of nitrogens with zero attached hydrogens (tertiary/aromatic N) is 1. The molecule has 0 aliphatic rings. The van der Waals surface area contributed by atoms with Gasteiger partial charge in [0.25, 0.3) is 0 Å². The summed E-state index contributed by atoms with van der Waals surface area (Å²) in [6.07, 6.45) is 3.41. The first kappa shape index (κ1) is 15.3. The molecule has 1 aromatic heterocycles. The van der Waals surface area contributed by atoms with E-state index in [2.05, 4.69) is 20.9 Å². The average molecular weight is 356 g/mol. The molecule has 0 aliphatic heterocycles. The Kier molecular flexibility index (Phi) is 4.68. The summed E-state index contributed by atoms with van der Waals surface area (Å²) in [6.45, 7) is 4.43. The van der Waals surface area contributed by atoms with Crippen LogP contribution in [0, 0.1) is 0 Å². The number of ether oxygens (including phenoxy) is 1. The molecule has 0 spiro atoms. The molecule has 106 valence electrons. The monoisotopic (exact) mass is 354 g/mol. The van der Waals surface area contributed by atoms with Gasteiger partial charge >= 0.3 is 0 Å². The van der Waals surface area contributed by atoms with E-state index in [1.54, 1.807) is 12.4 Å². The first-order chi connectivity index (χ1) is 9.45. The van der Waals surface area contributed by atoms with Crippen molar-refractivity contribution in [1.82, 2.24) is 4.98 Å². The minimum atomic E-state index is -0.738. The SMILES string of the molecule is CCOc1cncc(C(C)(N)c2ccc(Br)cc2Cl)c1. The van der Waals surface area contributed by atoms with Gasteiger partial charge < -0.3 is 10.5 Å². The number of nitrogens with two attached hydrogens (primary N) is 1. The quantitative estimate of drug-likeness (QED) is 0.897. The number of rotatable bonds is 4. The van der Waals surface area contributed by atoms with Crippen LogP contribution in [0.4, 0.5) is 0 Å². The predicted molar refractivity (Wildman–Crippen MR) is 85.2 cm³/mol. The molecule has 2 rings (SSSR count). The van der Waals surface area contributed by atoms with Crippen LogP contribution in [0.3, 0.4) is 0 Å². The highest BCUT2D eigenvalue weighted by atomic mass is 79.9. The Morgan fingerprint density at radius 1 is 1.35 bits per heavy atom. The van der Waals surface area contributed by atoms with Crippen molar-refractivity contribution in [2.75, 3.05) is 6.61 Å². The summed E-state index contributed by atoms with van der Waals surface area (Å²) in [4.78, 5) is 4.18. The summed E-state index contributed by atoms with van der Waals surface area (Å²) in [7, 11) is 0. The van der Waals surface area contributed by atoms with Crippen molar-refractivity contribution in [3.8, 4) is 5.75 Å². The van der Waals surface area contributed by atoms with E-state index in [-0.39, 0.29) is 0 Å². The predicted octanol–water partition coefficient (Wildman–Crippen LogP) is 4.12. The number of pyridine rings is 1. The second kappa shape index (κ2) is 6.12. The molecule has 0 aliphatic carbocycles. The topological polar surface area (TPSA) is 48.1 Å². The van der Waals surface area contributed by atoms with Crippen molar-refractivity contribution in [2.24, 2.45) is 5.73 Å². The lowest BCUT2D eigenvalue weighted by atomic mass is 9.86. The fourth-order valence-corrected chi connectivity index (χ4v) is 2.88. The third-order valence-electron chi connectivity index (χ3n) is 3.11. The van der Waals surface area contributed by atoms with Gasteiger partial charge in [0.1, 0.15) is 5.75 Å². The van der Waals surface area contributed by atoms with Crippen LogP contribution in [-0.2, 0) is 5.54 Å². The van der Waals surface area contributed by atoms with Gasteiger partial charge in [-0.2, -0.15) is 0 Å². The molecular formula is C15H16BrClN2O. The molecule has 5 heteroatoms. The third-order valence-corrected chi connectivity index (χ3v) is 3.92. The summed E-state index contributed by atoms with van der Waals surface area (Å²) < 4.78 is 6.39. The van der Waals surface area contributed by atoms with Crippen LogP contribution in [0.5, 0.6) is 5.75 Å². The molecule has 2 N–H and O–H groups in total. The van der Waals surface area contributed by atoms with Gasteiger partial charge in [0.05, 0.1) is 18.3 Å². The van der Waals surface area contributed by atoms with E-state index in [4.69, 9.17) is 22.1 Å². The lowest BCUT2D eigenvalue weighted by Gasteiger charge is -2.27. The lowest BCUT2D eigenvalue weighted by Crippen LogP contribution is -2.34. The van der Waals surface area contributed by atoms with E-state index in [0.717, 1.165) is 15.6 Å². The van der Waals surface area contributed by atoms with Gasteiger partial charge in [-0.05, 0) is 43.2 Å². The fraction of sp³-hybridized carbons (Fsp3) is 0.267. The minimum Gasteiger partial charge on any atom is -0.492 e. The highest BCUT2D eigenvalue weighted by molar-refractivity contribution is 9.10. The summed E-state index contributed by atoms with van der Waals surface area (Å²) in [5, 5.41) is 0.617. The van der Waals surface area contributed by atoms with Crippen molar-refractivity contribution in [3.63, 3.8) is 0 Å². The zero-order valence-corrected chi connectivity index (χ0v) is 13.7. The van der Waals surface area contributed by atoms with Crippen molar-refractivity contribution >= 4 is 27.5 Å². The molecule has 0 bridgehead atoms. The summed E-state index contributed by atoms with van der Waals surface area (Å²) >= 11 is 9.70. The van der Waals surface area contributed by atoms with Gasteiger partial charge in [-0.3, -0.25) is 4.98 Å². The Bertz CT molecular complexity index is 617. The Morgan fingerprint density at radius 3 is 2.75 bits per heavy atom. The highest BCUT2D eigenvalue weighted by Gasteiger charge is 2.27. The second-order valence-electron chi connectivity index (χ2n) is 4.67. The number of hydrogen-bond acceptors (Lipinski definition) is 3. The van der Waals surface area contributed by atoms with Crippen molar-refractivity contribution in [1.29, 1.82) is 0 Å². The van der Waals surface area contributed by atoms with Crippen LogP contribution in [0.1, 0.15) is 25.0 Å². The van der Waals surface area contributed by atoms with Crippen LogP contribution in [0.15, 0.2) is 41.1 Å². The van der Waals surface area contributed by atoms with Gasteiger partial charge in [-0.1, -0.05) is 33.6 Å². The first-order valence-corrected chi connectivity index (χ1v) is 7.45. The fourth-order valence-electron chi connectivity index (χ4n) is 2.01. The average Bonchev–Trinajstić information content (AvgIpc) is 2.39. The molecule has 0 fully saturated rings. The van der Waals surface area contributed by atoms with Crippen LogP contribution >= 0.6 is 27.5 Å². The highest BCUT2D eigenvalue weighted by Crippen LogP contribution is 2.34. The molecule has 0 saturated heterocycles. The zero-order valence-electron chi connectivity index (χ0n) is 11.4.